The van der Waals surface area contributed by atoms with Gasteiger partial charge in [0.2, 0.25) is 0 Å². The zero-order valence-electron chi connectivity index (χ0n) is 9.87. The van der Waals surface area contributed by atoms with Gasteiger partial charge < -0.3 is 10.3 Å². The number of rotatable bonds is 4. The summed E-state index contributed by atoms with van der Waals surface area (Å²) in [5.74, 6) is 1.19. The molecule has 1 aliphatic heterocycles. The van der Waals surface area contributed by atoms with E-state index in [1.807, 2.05) is 0 Å². The Balaban J connectivity index is 1.64. The highest BCUT2D eigenvalue weighted by molar-refractivity contribution is 5.84. The normalized spacial score (nSPS) is 14.9. The summed E-state index contributed by atoms with van der Waals surface area (Å²) in [6.07, 6.45) is 5.48. The summed E-state index contributed by atoms with van der Waals surface area (Å²) in [5.41, 5.74) is 2.65. The third-order valence-corrected chi connectivity index (χ3v) is 3.28. The zero-order chi connectivity index (χ0) is 11.5. The minimum absolute atomic E-state index is 0.947. The standard InChI is InChI=1S/C14H17N3/c1-2-6-13-12(5-1)11(10-17-13)4-3-7-14-15-8-9-16-14/h1-2,5-6,10,17H,3-4,7-9H2,(H,15,16). The number of para-hydroxylation sites is 1. The van der Waals surface area contributed by atoms with Crippen molar-refractivity contribution < 1.29 is 0 Å². The second kappa shape index (κ2) is 4.62. The fourth-order valence-corrected chi connectivity index (χ4v) is 2.40. The summed E-state index contributed by atoms with van der Waals surface area (Å²) in [6, 6.07) is 8.48. The Kier molecular flexibility index (Phi) is 2.82. The molecule has 1 aromatic carbocycles. The number of H-pyrrole nitrogens is 1. The number of aromatic amines is 1. The smallest absolute Gasteiger partial charge is 0.0964 e. The summed E-state index contributed by atoms with van der Waals surface area (Å²) in [5, 5.41) is 4.67. The average Bonchev–Trinajstić information content (AvgIpc) is 2.99. The second-order valence-electron chi connectivity index (χ2n) is 4.47. The van der Waals surface area contributed by atoms with Crippen LogP contribution in [-0.2, 0) is 6.42 Å². The van der Waals surface area contributed by atoms with Crippen molar-refractivity contribution in [2.75, 3.05) is 13.1 Å². The van der Waals surface area contributed by atoms with E-state index in [9.17, 15) is 0 Å². The van der Waals surface area contributed by atoms with Crippen molar-refractivity contribution in [1.82, 2.24) is 10.3 Å². The van der Waals surface area contributed by atoms with Crippen molar-refractivity contribution in [2.45, 2.75) is 19.3 Å². The van der Waals surface area contributed by atoms with E-state index < -0.39 is 0 Å². The molecule has 3 heteroatoms. The van der Waals surface area contributed by atoms with Crippen LogP contribution >= 0.6 is 0 Å². The van der Waals surface area contributed by atoms with E-state index in [1.165, 1.54) is 22.3 Å². The first-order valence-electron chi connectivity index (χ1n) is 6.26. The van der Waals surface area contributed by atoms with Crippen LogP contribution < -0.4 is 5.32 Å². The van der Waals surface area contributed by atoms with Crippen LogP contribution in [-0.4, -0.2) is 23.9 Å². The van der Waals surface area contributed by atoms with E-state index in [4.69, 9.17) is 0 Å². The van der Waals surface area contributed by atoms with Gasteiger partial charge in [-0.2, -0.15) is 0 Å². The lowest BCUT2D eigenvalue weighted by Crippen LogP contribution is -2.18. The molecular weight excluding hydrogens is 210 g/mol. The van der Waals surface area contributed by atoms with Gasteiger partial charge in [-0.15, -0.1) is 0 Å². The summed E-state index contributed by atoms with van der Waals surface area (Å²) >= 11 is 0. The highest BCUT2D eigenvalue weighted by Crippen LogP contribution is 2.19. The van der Waals surface area contributed by atoms with Crippen LogP contribution in [0.3, 0.4) is 0 Å². The molecule has 0 unspecified atom stereocenters. The predicted molar refractivity (Wildman–Crippen MR) is 71.5 cm³/mol. The van der Waals surface area contributed by atoms with E-state index in [-0.39, 0.29) is 0 Å². The van der Waals surface area contributed by atoms with Gasteiger partial charge in [-0.05, 0) is 24.5 Å². The highest BCUT2D eigenvalue weighted by atomic mass is 15.1. The Bertz CT molecular complexity index is 539. The second-order valence-corrected chi connectivity index (χ2v) is 4.47. The van der Waals surface area contributed by atoms with E-state index in [2.05, 4.69) is 45.8 Å². The number of benzene rings is 1. The number of nitrogens with one attached hydrogen (secondary N) is 2. The molecule has 17 heavy (non-hydrogen) atoms. The number of hydrogen-bond donors (Lipinski definition) is 2. The third-order valence-electron chi connectivity index (χ3n) is 3.28. The zero-order valence-corrected chi connectivity index (χ0v) is 9.87. The molecule has 1 aliphatic rings. The molecule has 0 radical (unpaired) electrons. The number of nitrogens with zero attached hydrogens (tertiary/aromatic N) is 1. The average molecular weight is 227 g/mol. The maximum absolute atomic E-state index is 4.41. The molecule has 3 rings (SSSR count). The number of amidine groups is 1. The van der Waals surface area contributed by atoms with Gasteiger partial charge in [0.15, 0.2) is 0 Å². The maximum Gasteiger partial charge on any atom is 0.0964 e. The van der Waals surface area contributed by atoms with Crippen LogP contribution in [0.15, 0.2) is 35.5 Å². The van der Waals surface area contributed by atoms with E-state index in [0.717, 1.165) is 32.4 Å². The molecule has 0 saturated heterocycles. The minimum atomic E-state index is 0.947. The molecule has 0 fully saturated rings. The highest BCUT2D eigenvalue weighted by Gasteiger charge is 2.06. The van der Waals surface area contributed by atoms with Crippen LogP contribution in [0.1, 0.15) is 18.4 Å². The van der Waals surface area contributed by atoms with Gasteiger partial charge in [0.05, 0.1) is 12.4 Å². The lowest BCUT2D eigenvalue weighted by atomic mass is 10.1. The fourth-order valence-electron chi connectivity index (χ4n) is 2.40. The van der Waals surface area contributed by atoms with Gasteiger partial charge in [0.1, 0.15) is 0 Å². The molecule has 0 atom stereocenters. The molecular formula is C14H17N3. The molecule has 0 spiro atoms. The van der Waals surface area contributed by atoms with Gasteiger partial charge in [-0.1, -0.05) is 18.2 Å². The van der Waals surface area contributed by atoms with Crippen molar-refractivity contribution in [3.05, 3.63) is 36.0 Å². The van der Waals surface area contributed by atoms with Crippen molar-refractivity contribution >= 4 is 16.7 Å². The molecule has 2 N–H and O–H groups in total. The lowest BCUT2D eigenvalue weighted by molar-refractivity contribution is 0.849. The molecule has 0 saturated carbocycles. The van der Waals surface area contributed by atoms with Gasteiger partial charge in [-0.25, -0.2) is 0 Å². The summed E-state index contributed by atoms with van der Waals surface area (Å²) < 4.78 is 0. The number of hydrogen-bond acceptors (Lipinski definition) is 2. The Morgan fingerprint density at radius 3 is 3.00 bits per heavy atom. The SMILES string of the molecule is c1ccc2c(CCCC3=NCCN3)c[nH]c2c1. The largest absolute Gasteiger partial charge is 0.372 e. The molecule has 3 nitrogen and oxygen atoms in total. The Hall–Kier alpha value is -1.77. The van der Waals surface area contributed by atoms with Crippen molar-refractivity contribution in [2.24, 2.45) is 4.99 Å². The summed E-state index contributed by atoms with van der Waals surface area (Å²) in [6.45, 7) is 1.96. The Morgan fingerprint density at radius 1 is 1.18 bits per heavy atom. The third kappa shape index (κ3) is 2.18. The molecule has 88 valence electrons. The lowest BCUT2D eigenvalue weighted by Gasteiger charge is -2.01. The fraction of sp³-hybridized carbons (Fsp3) is 0.357. The Labute approximate surface area is 101 Å². The summed E-state index contributed by atoms with van der Waals surface area (Å²) in [7, 11) is 0. The number of fused-ring (bicyclic) bond motifs is 1. The van der Waals surface area contributed by atoms with Crippen molar-refractivity contribution in [1.29, 1.82) is 0 Å². The quantitative estimate of drug-likeness (QED) is 0.827. The van der Waals surface area contributed by atoms with Crippen LogP contribution in [0.4, 0.5) is 0 Å². The van der Waals surface area contributed by atoms with Crippen LogP contribution in [0.25, 0.3) is 10.9 Å². The van der Waals surface area contributed by atoms with Crippen LogP contribution in [0.5, 0.6) is 0 Å². The number of aryl methyl sites for hydroxylation is 1. The minimum Gasteiger partial charge on any atom is -0.372 e. The molecule has 0 bridgehead atoms. The van der Waals surface area contributed by atoms with Crippen molar-refractivity contribution in [3.63, 3.8) is 0 Å². The molecule has 0 amide bonds. The number of aromatic nitrogens is 1. The molecule has 2 heterocycles. The molecule has 1 aromatic heterocycles. The monoisotopic (exact) mass is 227 g/mol. The van der Waals surface area contributed by atoms with Gasteiger partial charge in [-0.3, -0.25) is 4.99 Å². The van der Waals surface area contributed by atoms with E-state index >= 15 is 0 Å². The van der Waals surface area contributed by atoms with E-state index in [1.54, 1.807) is 0 Å². The molecule has 0 aliphatic carbocycles. The first kappa shape index (κ1) is 10.4. The predicted octanol–water partition coefficient (Wildman–Crippen LogP) is 2.49. The number of aliphatic imine (C=N–C) groups is 1. The van der Waals surface area contributed by atoms with Gasteiger partial charge >= 0.3 is 0 Å². The van der Waals surface area contributed by atoms with Crippen molar-refractivity contribution in [3.8, 4) is 0 Å². The van der Waals surface area contributed by atoms with E-state index in [0.29, 0.717) is 0 Å². The summed E-state index contributed by atoms with van der Waals surface area (Å²) in [4.78, 5) is 7.74. The first-order chi connectivity index (χ1) is 8.43. The first-order valence-corrected chi connectivity index (χ1v) is 6.26. The van der Waals surface area contributed by atoms with Gasteiger partial charge in [0, 0.05) is 30.1 Å². The maximum atomic E-state index is 4.41. The Morgan fingerprint density at radius 2 is 2.12 bits per heavy atom. The van der Waals surface area contributed by atoms with Crippen LogP contribution in [0, 0.1) is 0 Å². The van der Waals surface area contributed by atoms with Crippen LogP contribution in [0.2, 0.25) is 0 Å². The molecule has 2 aromatic rings. The topological polar surface area (TPSA) is 40.2 Å². The van der Waals surface area contributed by atoms with Gasteiger partial charge in [0.25, 0.3) is 0 Å².